The van der Waals surface area contributed by atoms with E-state index in [2.05, 4.69) is 23.7 Å². The van der Waals surface area contributed by atoms with Crippen molar-refractivity contribution < 1.29 is 166 Å². The van der Waals surface area contributed by atoms with Crippen LogP contribution in [0.4, 0.5) is 43.9 Å². The van der Waals surface area contributed by atoms with E-state index >= 15 is 0 Å². The molecule has 12 saturated carbocycles. The molecule has 3 aromatic rings. The molecule has 0 radical (unpaired) electrons. The molecule has 105 heavy (non-hydrogen) atoms. The molecule has 12 fully saturated rings. The number of rotatable bonds is 20. The van der Waals surface area contributed by atoms with Gasteiger partial charge in [-0.25, -0.2) is 51.7 Å². The molecular formula is C63H67F10O27S5-5. The van der Waals surface area contributed by atoms with Crippen LogP contribution >= 0.6 is 0 Å². The van der Waals surface area contributed by atoms with E-state index in [1.54, 1.807) is 36.4 Å². The lowest BCUT2D eigenvalue weighted by atomic mass is 9.49. The van der Waals surface area contributed by atoms with Gasteiger partial charge in [0.1, 0.15) is 11.6 Å². The van der Waals surface area contributed by atoms with Gasteiger partial charge < -0.3 is 46.4 Å². The van der Waals surface area contributed by atoms with Gasteiger partial charge in [0, 0.05) is 23.7 Å². The van der Waals surface area contributed by atoms with E-state index in [0.29, 0.717) is 81.9 Å². The van der Waals surface area contributed by atoms with E-state index in [0.717, 1.165) is 37.5 Å². The maximum atomic E-state index is 13.5. The molecule has 0 aromatic heterocycles. The molecule has 0 saturated heterocycles. The second-order valence-corrected chi connectivity index (χ2v) is 35.7. The van der Waals surface area contributed by atoms with Crippen molar-refractivity contribution in [3.63, 3.8) is 0 Å². The molecule has 3 aromatic carbocycles. The summed E-state index contributed by atoms with van der Waals surface area (Å²) in [4.78, 5) is 83.9. The number of carbonyl (C=O) groups is 7. The Bertz CT molecular complexity index is 4380. The largest absolute Gasteiger partial charge is 0.743 e. The predicted octanol–water partition coefficient (Wildman–Crippen LogP) is 7.90. The molecule has 586 valence electrons. The van der Waals surface area contributed by atoms with E-state index < -0.39 is 155 Å². The van der Waals surface area contributed by atoms with Crippen molar-refractivity contribution in [1.82, 2.24) is 0 Å². The van der Waals surface area contributed by atoms with Crippen LogP contribution in [0.5, 0.6) is 0 Å². The normalized spacial score (nSPS) is 28.7. The summed E-state index contributed by atoms with van der Waals surface area (Å²) in [6, 6.07) is 18.6. The zero-order valence-corrected chi connectivity index (χ0v) is 59.1. The summed E-state index contributed by atoms with van der Waals surface area (Å²) in [6.45, 7) is -3.91. The number of halogens is 10. The number of benzene rings is 3. The summed E-state index contributed by atoms with van der Waals surface area (Å²) in [7, 11) is -29.4. The minimum absolute atomic E-state index is 0.0217. The van der Waals surface area contributed by atoms with Crippen LogP contribution in [-0.4, -0.2) is 165 Å². The SMILES string of the molecule is CC(OC(=O)C12CC3CC(C1)C(=O)C(C3)C2)C(F)(F)S(=O)(=O)[O-].CC(OC(=O)c1ccc2ccccc2c1)C(F)(F)S(=O)(=O)[O-].O=C(OCC(F)(F)S(=O)(=O)[O-])C12CC3CC(CC(C3)C1)C2.O=C(OCC(F)(F)S(=O)(=O)[O-])c1ccccc1.O=C1C2CC3CC1CC(C(=O)OCC(F)(F)S(=O)(=O)[O-])(C3)C2. The summed E-state index contributed by atoms with van der Waals surface area (Å²) in [5, 5.41) is -21.7. The van der Waals surface area contributed by atoms with Crippen LogP contribution in [0.3, 0.4) is 0 Å². The zero-order valence-electron chi connectivity index (χ0n) is 55.1. The van der Waals surface area contributed by atoms with Gasteiger partial charge in [0.05, 0.1) is 27.4 Å². The van der Waals surface area contributed by atoms with Crippen molar-refractivity contribution in [3.05, 3.63) is 83.9 Å². The third-order valence-corrected chi connectivity index (χ3v) is 25.3. The van der Waals surface area contributed by atoms with Gasteiger partial charge in [0.25, 0.3) is 0 Å². The molecule has 0 heterocycles. The van der Waals surface area contributed by atoms with Crippen molar-refractivity contribution >= 4 is 103 Å². The fraction of sp³-hybridized carbons (Fsp3) is 0.635. The number of hydrogen-bond acceptors (Lipinski definition) is 27. The first kappa shape index (κ1) is 84.1. The average Bonchev–Trinajstić information content (AvgIpc) is 0.725. The van der Waals surface area contributed by atoms with Crippen LogP contribution in [0, 0.1) is 69.5 Å². The fourth-order valence-electron chi connectivity index (χ4n) is 16.4. The number of fused-ring (bicyclic) bond motifs is 1. The number of carbonyl (C=O) groups excluding carboxylic acids is 7. The van der Waals surface area contributed by atoms with Gasteiger partial charge in [0.15, 0.2) is 82.6 Å². The Kier molecular flexibility index (Phi) is 24.1. The summed E-state index contributed by atoms with van der Waals surface area (Å²) in [6.07, 6.45) is 5.26. The standard InChI is InChI=1S/C14H18F2O6S.C14H12F2O5S.C13H16F2O6S.C13H18F2O5S.C9H8F2O5S/c1-7(14(15,16)23(19,20)21)22-12(18)13-4-8-2-9(5-13)11(17)10(3-8)6-13;1-9(14(15,16)22(18,19)20)21-13(17)12-7-6-10-4-2-3-5-11(10)8-12;14-13(15,22(18,19)20)6-21-11(17)12-3-7-1-8(4-12)10(16)9(2-7)5-12;14-13(15,21(17,18)19)7-20-11(16)12-4-8-1-9(5-12)3-10(2-8)6-12;10-9(11,17(13,14)15)6-16-8(12)7-4-2-1-3-5-7/h7-10H,2-6H2,1H3,(H,19,20,21);2-9H,1H3,(H,18,19,20);7-9H,1-6H2,(H,18,19,20);8-10H,1-7H2,(H,17,18,19);1-5H,6H2,(H,13,14,15)/p-5. The van der Waals surface area contributed by atoms with E-state index in [9.17, 15) is 142 Å². The lowest BCUT2D eigenvalue weighted by Crippen LogP contribution is -2.56. The minimum atomic E-state index is -5.93. The molecular weight excluding hydrogens is 1540 g/mol. The molecule has 0 amide bonds. The Hall–Kier alpha value is -6.54. The average molecular weight is 1610 g/mol. The lowest BCUT2D eigenvalue weighted by molar-refractivity contribution is -0.186. The lowest BCUT2D eigenvalue weighted by Gasteiger charge is -2.55. The highest BCUT2D eigenvalue weighted by molar-refractivity contribution is 7.87. The van der Waals surface area contributed by atoms with Gasteiger partial charge >= 0.3 is 56.1 Å². The molecule has 0 spiro atoms. The van der Waals surface area contributed by atoms with Crippen molar-refractivity contribution in [2.24, 2.45) is 69.5 Å². The van der Waals surface area contributed by atoms with Gasteiger partial charge in [0.2, 0.25) is 0 Å². The second-order valence-electron chi connectivity index (χ2n) is 28.3. The van der Waals surface area contributed by atoms with Crippen LogP contribution < -0.4 is 0 Å². The summed E-state index contributed by atoms with van der Waals surface area (Å²) in [5.41, 5.74) is -2.76. The van der Waals surface area contributed by atoms with E-state index in [1.165, 1.54) is 36.4 Å². The third-order valence-electron chi connectivity index (χ3n) is 20.7. The summed E-state index contributed by atoms with van der Waals surface area (Å²) < 4.78 is 309. The third kappa shape index (κ3) is 18.4. The number of alkyl halides is 10. The Morgan fingerprint density at radius 2 is 0.705 bits per heavy atom. The minimum Gasteiger partial charge on any atom is -0.743 e. The van der Waals surface area contributed by atoms with Crippen LogP contribution in [0.15, 0.2) is 72.8 Å². The van der Waals surface area contributed by atoms with Gasteiger partial charge in [-0.3, -0.25) is 24.0 Å². The fourth-order valence-corrected chi connectivity index (χ4v) is 17.9. The van der Waals surface area contributed by atoms with Crippen LogP contribution in [0.25, 0.3) is 10.8 Å². The molecule has 12 aliphatic rings. The van der Waals surface area contributed by atoms with E-state index in [-0.39, 0.29) is 83.9 Å². The highest BCUT2D eigenvalue weighted by atomic mass is 32.2. The van der Waals surface area contributed by atoms with Gasteiger partial charge in [-0.1, -0.05) is 48.5 Å². The molecule has 12 aliphatic carbocycles. The van der Waals surface area contributed by atoms with Gasteiger partial charge in [-0.15, -0.1) is 0 Å². The first-order valence-electron chi connectivity index (χ1n) is 32.2. The number of Topliss-reactive ketones (excluding diaryl/α,β-unsaturated/α-hetero) is 2. The van der Waals surface area contributed by atoms with Gasteiger partial charge in [-0.05, 0) is 181 Å². The second kappa shape index (κ2) is 30.1. The topological polar surface area (TPSA) is 452 Å². The smallest absolute Gasteiger partial charge is 0.370 e. The molecule has 6 unspecified atom stereocenters. The number of hydrogen-bond donors (Lipinski definition) is 0. The molecule has 15 rings (SSSR count). The first-order chi connectivity index (χ1) is 48.0. The van der Waals surface area contributed by atoms with Crippen molar-refractivity contribution in [3.8, 4) is 0 Å². The quantitative estimate of drug-likeness (QED) is 0.0448. The highest BCUT2D eigenvalue weighted by Crippen LogP contribution is 2.62. The molecule has 6 atom stereocenters. The van der Waals surface area contributed by atoms with Crippen LogP contribution in [-0.2, 0) is 98.2 Å². The number of ketones is 2. The summed E-state index contributed by atoms with van der Waals surface area (Å²) in [5.74, 6) is -3.85. The Balaban J connectivity index is 0.000000167. The van der Waals surface area contributed by atoms with Crippen LogP contribution in [0.1, 0.15) is 137 Å². The maximum absolute atomic E-state index is 13.5. The Labute approximate surface area is 594 Å². The molecule has 27 nitrogen and oxygen atoms in total. The number of esters is 5. The molecule has 0 aliphatic heterocycles. The van der Waals surface area contributed by atoms with Crippen molar-refractivity contribution in [1.29, 1.82) is 0 Å². The van der Waals surface area contributed by atoms with Crippen LogP contribution in [0.2, 0.25) is 0 Å². The molecule has 12 bridgehead atoms. The Morgan fingerprint density at radius 1 is 0.390 bits per heavy atom. The Morgan fingerprint density at radius 3 is 1.07 bits per heavy atom. The molecule has 0 N–H and O–H groups in total. The first-order valence-corrected chi connectivity index (χ1v) is 39.2. The molecule has 42 heteroatoms. The van der Waals surface area contributed by atoms with Crippen molar-refractivity contribution in [2.45, 2.75) is 155 Å². The summed E-state index contributed by atoms with van der Waals surface area (Å²) >= 11 is 0. The van der Waals surface area contributed by atoms with Crippen molar-refractivity contribution in [2.75, 3.05) is 19.8 Å². The maximum Gasteiger partial charge on any atom is 0.370 e. The van der Waals surface area contributed by atoms with E-state index in [1.807, 2.05) is 0 Å². The van der Waals surface area contributed by atoms with E-state index in [4.69, 9.17) is 0 Å². The monoisotopic (exact) mass is 1610 g/mol. The zero-order chi connectivity index (χ0) is 78.7. The number of ether oxygens (including phenoxy) is 5. The van der Waals surface area contributed by atoms with Gasteiger partial charge in [-0.2, -0.15) is 43.9 Å². The highest BCUT2D eigenvalue weighted by Gasteiger charge is 2.62. The predicted molar refractivity (Wildman–Crippen MR) is 329 cm³/mol.